The molecule has 0 heterocycles. The molecule has 0 fully saturated rings. The first-order valence-corrected chi connectivity index (χ1v) is 11.2. The minimum atomic E-state index is -1.02. The number of ether oxygens (including phenoxy) is 2. The Morgan fingerprint density at radius 2 is 1.91 bits per heavy atom. The largest absolute Gasteiger partial charge is 0.493 e. The summed E-state index contributed by atoms with van der Waals surface area (Å²) in [5.74, 6) is -1.76. The van der Waals surface area contributed by atoms with E-state index in [1.165, 1.54) is 25.5 Å². The van der Waals surface area contributed by atoms with Crippen LogP contribution in [0.1, 0.15) is 11.1 Å². The fourth-order valence-electron chi connectivity index (χ4n) is 2.71. The van der Waals surface area contributed by atoms with Crippen LogP contribution in [0.25, 0.3) is 0 Å². The van der Waals surface area contributed by atoms with Crippen molar-refractivity contribution in [1.29, 1.82) is 0 Å². The van der Waals surface area contributed by atoms with E-state index >= 15 is 0 Å². The van der Waals surface area contributed by atoms with Gasteiger partial charge in [-0.15, -0.1) is 0 Å². The lowest BCUT2D eigenvalue weighted by molar-refractivity contribution is -0.136. The van der Waals surface area contributed by atoms with E-state index in [0.717, 1.165) is 11.6 Å². The summed E-state index contributed by atoms with van der Waals surface area (Å²) in [6.07, 6.45) is 1.33. The average molecular weight is 569 g/mol. The minimum absolute atomic E-state index is 0.164. The maximum atomic E-state index is 13.2. The molecule has 0 bridgehead atoms. The lowest BCUT2D eigenvalue weighted by Crippen LogP contribution is -2.32. The molecule has 3 aromatic carbocycles. The van der Waals surface area contributed by atoms with Gasteiger partial charge in [0.25, 0.3) is 0 Å². The predicted octanol–water partition coefficient (Wildman–Crippen LogP) is 5.57. The van der Waals surface area contributed by atoms with E-state index in [-0.39, 0.29) is 17.3 Å². The number of benzene rings is 3. The first-order valence-electron chi connectivity index (χ1n) is 9.61. The van der Waals surface area contributed by atoms with Gasteiger partial charge in [-0.3, -0.25) is 9.59 Å². The van der Waals surface area contributed by atoms with Gasteiger partial charge < -0.3 is 14.8 Å². The van der Waals surface area contributed by atoms with E-state index in [4.69, 9.17) is 32.7 Å². The summed E-state index contributed by atoms with van der Waals surface area (Å²) >= 11 is 15.1. The number of hydrogen-bond donors (Lipinski definition) is 2. The van der Waals surface area contributed by atoms with E-state index in [9.17, 15) is 14.0 Å². The van der Waals surface area contributed by atoms with Gasteiger partial charge in [-0.05, 0) is 69.5 Å². The number of nitrogens with zero attached hydrogens (tertiary/aromatic N) is 1. The lowest BCUT2D eigenvalue weighted by atomic mass is 10.2. The Morgan fingerprint density at radius 3 is 2.62 bits per heavy atom. The number of hydrazone groups is 1. The molecule has 0 radical (unpaired) electrons. The average Bonchev–Trinajstić information content (AvgIpc) is 2.80. The second-order valence-electron chi connectivity index (χ2n) is 6.73. The highest BCUT2D eigenvalue weighted by atomic mass is 79.9. The molecule has 0 aliphatic carbocycles. The van der Waals surface area contributed by atoms with Crippen LogP contribution in [0.4, 0.5) is 10.1 Å². The van der Waals surface area contributed by atoms with Gasteiger partial charge in [0.1, 0.15) is 12.4 Å². The number of rotatable bonds is 7. The van der Waals surface area contributed by atoms with Gasteiger partial charge in [0.2, 0.25) is 0 Å². The highest BCUT2D eigenvalue weighted by Gasteiger charge is 2.15. The fraction of sp³-hybridized carbons (Fsp3) is 0.0870. The summed E-state index contributed by atoms with van der Waals surface area (Å²) in [5.41, 5.74) is 3.72. The molecule has 3 rings (SSSR count). The SMILES string of the molecule is COc1cc(/C=N/NC(=O)C(=O)Nc2ccc(F)c(Cl)c2)cc(Br)c1OCc1cccc(Cl)c1. The van der Waals surface area contributed by atoms with Gasteiger partial charge in [-0.1, -0.05) is 35.3 Å². The molecule has 2 N–H and O–H groups in total. The van der Waals surface area contributed by atoms with Gasteiger partial charge >= 0.3 is 11.8 Å². The second-order valence-corrected chi connectivity index (χ2v) is 8.43. The van der Waals surface area contributed by atoms with Gasteiger partial charge in [0.05, 0.1) is 22.8 Å². The molecule has 0 aliphatic heterocycles. The predicted molar refractivity (Wildman–Crippen MR) is 132 cm³/mol. The van der Waals surface area contributed by atoms with Crippen molar-refractivity contribution >= 4 is 62.8 Å². The van der Waals surface area contributed by atoms with Crippen LogP contribution in [0.2, 0.25) is 10.0 Å². The van der Waals surface area contributed by atoms with Crippen LogP contribution in [-0.4, -0.2) is 25.1 Å². The number of amides is 2. The van der Waals surface area contributed by atoms with Gasteiger partial charge in [-0.25, -0.2) is 9.82 Å². The fourth-order valence-corrected chi connectivity index (χ4v) is 3.68. The summed E-state index contributed by atoms with van der Waals surface area (Å²) in [4.78, 5) is 23.9. The third-order valence-corrected chi connectivity index (χ3v) is 5.40. The van der Waals surface area contributed by atoms with Crippen molar-refractivity contribution in [2.45, 2.75) is 6.61 Å². The van der Waals surface area contributed by atoms with Crippen molar-refractivity contribution < 1.29 is 23.5 Å². The standard InChI is InChI=1S/C23H17BrCl2FN3O4/c1-33-20-9-14(8-17(24)21(20)34-12-13-3-2-4-15(25)7-13)11-28-30-23(32)22(31)29-16-5-6-19(27)18(26)10-16/h2-11H,12H2,1H3,(H,29,31)(H,30,32)/b28-11+. The number of halogens is 4. The van der Waals surface area contributed by atoms with E-state index in [1.807, 2.05) is 12.1 Å². The molecule has 0 aromatic heterocycles. The molecule has 2 amide bonds. The van der Waals surface area contributed by atoms with Crippen molar-refractivity contribution in [1.82, 2.24) is 5.43 Å². The van der Waals surface area contributed by atoms with Crippen LogP contribution in [-0.2, 0) is 16.2 Å². The maximum absolute atomic E-state index is 13.2. The van der Waals surface area contributed by atoms with Gasteiger partial charge in [0.15, 0.2) is 11.5 Å². The molecule has 11 heteroatoms. The Balaban J connectivity index is 1.62. The number of carbonyl (C=O) groups excluding carboxylic acids is 2. The topological polar surface area (TPSA) is 89.0 Å². The van der Waals surface area contributed by atoms with Crippen LogP contribution in [0.3, 0.4) is 0 Å². The molecule has 0 unspecified atom stereocenters. The summed E-state index contributed by atoms with van der Waals surface area (Å²) in [6.45, 7) is 0.271. The zero-order valence-corrected chi connectivity index (χ0v) is 20.7. The van der Waals surface area contributed by atoms with Crippen LogP contribution in [0.15, 0.2) is 64.2 Å². The Bertz CT molecular complexity index is 1260. The Hall–Kier alpha value is -3.14. The van der Waals surface area contributed by atoms with Crippen LogP contribution in [0, 0.1) is 5.82 Å². The molecule has 7 nitrogen and oxygen atoms in total. The van der Waals surface area contributed by atoms with E-state index in [0.29, 0.717) is 26.6 Å². The molecule has 0 saturated carbocycles. The van der Waals surface area contributed by atoms with Crippen molar-refractivity contribution in [2.75, 3.05) is 12.4 Å². The number of nitrogens with one attached hydrogen (secondary N) is 2. The summed E-state index contributed by atoms with van der Waals surface area (Å²) in [7, 11) is 1.49. The summed E-state index contributed by atoms with van der Waals surface area (Å²) < 4.78 is 25.1. The van der Waals surface area contributed by atoms with Crippen molar-refractivity contribution in [3.63, 3.8) is 0 Å². The minimum Gasteiger partial charge on any atom is -0.493 e. The van der Waals surface area contributed by atoms with E-state index in [2.05, 4.69) is 31.8 Å². The molecule has 176 valence electrons. The number of methoxy groups -OCH3 is 1. The zero-order valence-electron chi connectivity index (χ0n) is 17.6. The van der Waals surface area contributed by atoms with E-state index < -0.39 is 17.6 Å². The second kappa shape index (κ2) is 11.8. The molecule has 0 spiro atoms. The smallest absolute Gasteiger partial charge is 0.329 e. The van der Waals surface area contributed by atoms with Crippen molar-refractivity contribution in [2.24, 2.45) is 5.10 Å². The monoisotopic (exact) mass is 567 g/mol. The van der Waals surface area contributed by atoms with Crippen LogP contribution in [0.5, 0.6) is 11.5 Å². The van der Waals surface area contributed by atoms with E-state index in [1.54, 1.807) is 24.3 Å². The molecule has 0 aliphatic rings. The summed E-state index contributed by atoms with van der Waals surface area (Å²) in [6, 6.07) is 14.2. The molecule has 3 aromatic rings. The number of anilines is 1. The molecule has 0 atom stereocenters. The van der Waals surface area contributed by atoms with Gasteiger partial charge in [0, 0.05) is 10.7 Å². The lowest BCUT2D eigenvalue weighted by Gasteiger charge is -2.13. The number of hydrogen-bond acceptors (Lipinski definition) is 5. The first-order chi connectivity index (χ1) is 16.3. The normalized spacial score (nSPS) is 10.7. The quantitative estimate of drug-likeness (QED) is 0.221. The molecular weight excluding hydrogens is 552 g/mol. The molecule has 0 saturated heterocycles. The zero-order chi connectivity index (χ0) is 24.7. The summed E-state index contributed by atoms with van der Waals surface area (Å²) in [5, 5.41) is 6.50. The van der Waals surface area contributed by atoms with Crippen molar-refractivity contribution in [3.05, 3.63) is 86.1 Å². The Morgan fingerprint density at radius 1 is 1.12 bits per heavy atom. The molecular formula is C23H17BrCl2FN3O4. The number of carbonyl (C=O) groups is 2. The van der Waals surface area contributed by atoms with Crippen LogP contribution >= 0.6 is 39.1 Å². The van der Waals surface area contributed by atoms with Gasteiger partial charge in [-0.2, -0.15) is 5.10 Å². The Kier molecular flexibility index (Phi) is 8.86. The molecule has 34 heavy (non-hydrogen) atoms. The third-order valence-electron chi connectivity index (χ3n) is 4.29. The first kappa shape index (κ1) is 25.5. The third kappa shape index (κ3) is 6.93. The highest BCUT2D eigenvalue weighted by molar-refractivity contribution is 9.10. The van der Waals surface area contributed by atoms with Crippen LogP contribution < -0.4 is 20.2 Å². The highest BCUT2D eigenvalue weighted by Crippen LogP contribution is 2.37. The van der Waals surface area contributed by atoms with Crippen molar-refractivity contribution in [3.8, 4) is 11.5 Å². The maximum Gasteiger partial charge on any atom is 0.329 e. The Labute approximate surface area is 213 Å².